The maximum Gasteiger partial charge on any atom is 0.416 e. The molecule has 8 heteroatoms. The molecular weight excluding hydrogens is 321 g/mol. The van der Waals surface area contributed by atoms with Crippen molar-refractivity contribution in [1.29, 1.82) is 0 Å². The lowest BCUT2D eigenvalue weighted by Gasteiger charge is -2.17. The number of nitrogens with zero attached hydrogens (tertiary/aromatic N) is 2. The highest BCUT2D eigenvalue weighted by molar-refractivity contribution is 5.96. The lowest BCUT2D eigenvalue weighted by molar-refractivity contribution is -0.137. The lowest BCUT2D eigenvalue weighted by atomic mass is 9.97. The fourth-order valence-corrected chi connectivity index (χ4v) is 2.86. The van der Waals surface area contributed by atoms with Crippen LogP contribution < -0.4 is 5.32 Å². The summed E-state index contributed by atoms with van der Waals surface area (Å²) in [5.74, 6) is 0.604. The van der Waals surface area contributed by atoms with Crippen LogP contribution in [0.15, 0.2) is 30.6 Å². The summed E-state index contributed by atoms with van der Waals surface area (Å²) in [4.78, 5) is 15.8. The van der Waals surface area contributed by atoms with Crippen molar-refractivity contribution in [3.8, 4) is 11.1 Å². The number of halogens is 3. The molecule has 2 aromatic heterocycles. The monoisotopic (exact) mass is 332 g/mol. The molecule has 0 radical (unpaired) electrons. The van der Waals surface area contributed by atoms with E-state index in [0.29, 0.717) is 33.4 Å². The van der Waals surface area contributed by atoms with Crippen molar-refractivity contribution >= 4 is 22.5 Å². The predicted molar refractivity (Wildman–Crippen MR) is 81.5 cm³/mol. The van der Waals surface area contributed by atoms with Gasteiger partial charge in [-0.2, -0.15) is 18.3 Å². The van der Waals surface area contributed by atoms with Crippen LogP contribution in [0.4, 0.5) is 19.0 Å². The van der Waals surface area contributed by atoms with Gasteiger partial charge in [-0.1, -0.05) is 0 Å². The number of carbonyl (C=O) groups is 1. The molecule has 0 aliphatic carbocycles. The largest absolute Gasteiger partial charge is 0.416 e. The number of Topliss-reactive ketones (excluding diaryl/α,β-unsaturated/α-hetero) is 1. The van der Waals surface area contributed by atoms with E-state index in [4.69, 9.17) is 0 Å². The van der Waals surface area contributed by atoms with Gasteiger partial charge in [-0.05, 0) is 23.8 Å². The van der Waals surface area contributed by atoms with E-state index in [-0.39, 0.29) is 18.7 Å². The number of aromatic amines is 1. The first-order valence-electron chi connectivity index (χ1n) is 7.21. The number of ketones is 1. The summed E-state index contributed by atoms with van der Waals surface area (Å²) >= 11 is 0. The minimum absolute atomic E-state index is 0.0129. The molecular formula is C16H11F3N4O. The Morgan fingerprint density at radius 2 is 1.96 bits per heavy atom. The maximum atomic E-state index is 13.1. The fourth-order valence-electron chi connectivity index (χ4n) is 2.86. The fraction of sp³-hybridized carbons (Fsp3) is 0.188. The van der Waals surface area contributed by atoms with Crippen LogP contribution in [0.5, 0.6) is 0 Å². The molecule has 0 amide bonds. The Hall–Kier alpha value is -2.90. The number of H-pyrrole nitrogens is 1. The molecule has 4 rings (SSSR count). The molecule has 1 aliphatic rings. The lowest BCUT2D eigenvalue weighted by Crippen LogP contribution is -2.23. The van der Waals surface area contributed by atoms with Gasteiger partial charge in [0, 0.05) is 29.1 Å². The number of benzene rings is 1. The van der Waals surface area contributed by atoms with Gasteiger partial charge < -0.3 is 5.32 Å². The topological polar surface area (TPSA) is 70.7 Å². The smallest absolute Gasteiger partial charge is 0.363 e. The summed E-state index contributed by atoms with van der Waals surface area (Å²) in [7, 11) is 0. The Kier molecular flexibility index (Phi) is 3.09. The molecule has 0 saturated heterocycles. The Morgan fingerprint density at radius 3 is 2.75 bits per heavy atom. The summed E-state index contributed by atoms with van der Waals surface area (Å²) in [6.45, 7) is 0.217. The van der Waals surface area contributed by atoms with E-state index in [0.717, 1.165) is 12.1 Å². The zero-order valence-electron chi connectivity index (χ0n) is 12.2. The summed E-state index contributed by atoms with van der Waals surface area (Å²) in [5, 5.41) is 9.87. The molecule has 1 aliphatic heterocycles. The van der Waals surface area contributed by atoms with Crippen molar-refractivity contribution < 1.29 is 18.0 Å². The van der Waals surface area contributed by atoms with Gasteiger partial charge in [-0.15, -0.1) is 0 Å². The van der Waals surface area contributed by atoms with Crippen molar-refractivity contribution in [1.82, 2.24) is 15.2 Å². The molecule has 24 heavy (non-hydrogen) atoms. The molecule has 5 nitrogen and oxygen atoms in total. The molecule has 3 heterocycles. The molecule has 1 aromatic carbocycles. The first-order valence-corrected chi connectivity index (χ1v) is 7.21. The van der Waals surface area contributed by atoms with Crippen LogP contribution in [0.3, 0.4) is 0 Å². The summed E-state index contributed by atoms with van der Waals surface area (Å²) in [6, 6.07) is 3.82. The number of hydrogen-bond acceptors (Lipinski definition) is 4. The van der Waals surface area contributed by atoms with Crippen LogP contribution in [0, 0.1) is 0 Å². The second-order valence-electron chi connectivity index (χ2n) is 5.65. The Bertz CT molecular complexity index is 962. The van der Waals surface area contributed by atoms with Crippen molar-refractivity contribution in [3.63, 3.8) is 0 Å². The van der Waals surface area contributed by atoms with E-state index < -0.39 is 11.7 Å². The Balaban J connectivity index is 1.91. The first kappa shape index (κ1) is 14.7. The molecule has 0 spiro atoms. The van der Waals surface area contributed by atoms with Crippen LogP contribution in [0.2, 0.25) is 0 Å². The Morgan fingerprint density at radius 1 is 1.12 bits per heavy atom. The second kappa shape index (κ2) is 5.05. The quantitative estimate of drug-likeness (QED) is 0.718. The third-order valence-corrected chi connectivity index (χ3v) is 4.00. The number of pyridine rings is 1. The highest BCUT2D eigenvalue weighted by Crippen LogP contribution is 2.37. The summed E-state index contributed by atoms with van der Waals surface area (Å²) in [6.07, 6.45) is -1.26. The van der Waals surface area contributed by atoms with Gasteiger partial charge in [0.05, 0.1) is 23.8 Å². The van der Waals surface area contributed by atoms with Crippen LogP contribution in [0.25, 0.3) is 22.0 Å². The maximum absolute atomic E-state index is 13.1. The van der Waals surface area contributed by atoms with Gasteiger partial charge >= 0.3 is 6.18 Å². The van der Waals surface area contributed by atoms with E-state index in [1.54, 1.807) is 6.07 Å². The third-order valence-electron chi connectivity index (χ3n) is 4.00. The number of anilines is 1. The molecule has 0 unspecified atom stereocenters. The number of carbonyl (C=O) groups excluding carboxylic acids is 1. The average Bonchev–Trinajstić information content (AvgIpc) is 3.01. The van der Waals surface area contributed by atoms with Gasteiger partial charge in [0.15, 0.2) is 5.78 Å². The molecule has 122 valence electrons. The highest BCUT2D eigenvalue weighted by atomic mass is 19.4. The van der Waals surface area contributed by atoms with Crippen molar-refractivity contribution in [2.45, 2.75) is 12.6 Å². The van der Waals surface area contributed by atoms with E-state index in [1.165, 1.54) is 12.4 Å². The molecule has 0 fully saturated rings. The van der Waals surface area contributed by atoms with E-state index in [2.05, 4.69) is 20.5 Å². The normalized spacial score (nSPS) is 14.5. The van der Waals surface area contributed by atoms with Crippen LogP contribution in [-0.2, 0) is 17.4 Å². The SMILES string of the molecule is O=C1CNc2ncc(-c3cc(C(F)(F)F)cc4[nH]ncc34)cc2C1. The summed E-state index contributed by atoms with van der Waals surface area (Å²) < 4.78 is 39.4. The number of nitrogens with one attached hydrogen (secondary N) is 2. The zero-order chi connectivity index (χ0) is 16.9. The van der Waals surface area contributed by atoms with Crippen molar-refractivity contribution in [2.75, 3.05) is 11.9 Å². The molecule has 0 saturated carbocycles. The standard InChI is InChI=1S/C16H11F3N4O/c17-16(18,19)10-3-12(13-7-22-23-14(13)4-10)9-1-8-2-11(24)6-21-15(8)20-5-9/h1,3-5,7H,2,6H2,(H,20,21)(H,22,23). The van der Waals surface area contributed by atoms with E-state index in [1.807, 2.05) is 0 Å². The van der Waals surface area contributed by atoms with Gasteiger partial charge in [-0.3, -0.25) is 9.89 Å². The van der Waals surface area contributed by atoms with Crippen LogP contribution >= 0.6 is 0 Å². The minimum atomic E-state index is -4.47. The summed E-state index contributed by atoms with van der Waals surface area (Å²) in [5.41, 5.74) is 1.11. The molecule has 0 bridgehead atoms. The zero-order valence-corrected chi connectivity index (χ0v) is 12.2. The molecule has 0 atom stereocenters. The van der Waals surface area contributed by atoms with Gasteiger partial charge in [0.2, 0.25) is 0 Å². The van der Waals surface area contributed by atoms with Crippen molar-refractivity contribution in [3.05, 3.63) is 41.7 Å². The van der Waals surface area contributed by atoms with Gasteiger partial charge in [0.1, 0.15) is 5.82 Å². The number of aromatic nitrogens is 3. The number of alkyl halides is 3. The highest BCUT2D eigenvalue weighted by Gasteiger charge is 2.32. The molecule has 3 aromatic rings. The van der Waals surface area contributed by atoms with Gasteiger partial charge in [-0.25, -0.2) is 4.98 Å². The number of hydrogen-bond donors (Lipinski definition) is 2. The second-order valence-corrected chi connectivity index (χ2v) is 5.65. The van der Waals surface area contributed by atoms with Crippen molar-refractivity contribution in [2.24, 2.45) is 0 Å². The van der Waals surface area contributed by atoms with E-state index in [9.17, 15) is 18.0 Å². The van der Waals surface area contributed by atoms with Gasteiger partial charge in [0.25, 0.3) is 0 Å². The minimum Gasteiger partial charge on any atom is -0.363 e. The van der Waals surface area contributed by atoms with Crippen LogP contribution in [0.1, 0.15) is 11.1 Å². The third kappa shape index (κ3) is 2.40. The average molecular weight is 332 g/mol. The number of rotatable bonds is 1. The van der Waals surface area contributed by atoms with E-state index >= 15 is 0 Å². The van der Waals surface area contributed by atoms with Crippen LogP contribution in [-0.4, -0.2) is 27.5 Å². The molecule has 2 N–H and O–H groups in total. The predicted octanol–water partition coefficient (Wildman–Crippen LogP) is 3.18. The number of fused-ring (bicyclic) bond motifs is 2. The first-order chi connectivity index (χ1) is 11.4. The Labute approximate surface area is 133 Å².